The van der Waals surface area contributed by atoms with Crippen LogP contribution in [-0.2, 0) is 10.0 Å². The van der Waals surface area contributed by atoms with Crippen LogP contribution < -0.4 is 14.2 Å². The second-order valence-electron chi connectivity index (χ2n) is 6.68. The van der Waals surface area contributed by atoms with Crippen molar-refractivity contribution in [3.05, 3.63) is 53.8 Å². The molecule has 0 aliphatic carbocycles. The number of rotatable bonds is 4. The highest BCUT2D eigenvalue weighted by Gasteiger charge is 2.30. The molecule has 2 aromatic rings. The molecule has 2 aromatic carbocycles. The Bertz CT molecular complexity index is 986. The Kier molecular flexibility index (Phi) is 4.94. The van der Waals surface area contributed by atoms with E-state index in [-0.39, 0.29) is 23.6 Å². The van der Waals surface area contributed by atoms with Crippen LogP contribution in [-0.4, -0.2) is 45.1 Å². The molecule has 0 spiro atoms. The van der Waals surface area contributed by atoms with Gasteiger partial charge >= 0.3 is 0 Å². The molecule has 1 fully saturated rings. The largest absolute Gasteiger partial charge is 0.454 e. The molecule has 2 aliphatic rings. The van der Waals surface area contributed by atoms with Crippen LogP contribution in [0, 0.1) is 5.82 Å². The summed E-state index contributed by atoms with van der Waals surface area (Å²) in [5, 5.41) is 0. The number of para-hydroxylation sites is 1. The summed E-state index contributed by atoms with van der Waals surface area (Å²) in [4.78, 5) is 14.5. The maximum atomic E-state index is 13.0. The van der Waals surface area contributed by atoms with E-state index >= 15 is 0 Å². The Morgan fingerprint density at radius 1 is 1.07 bits per heavy atom. The monoisotopic (exact) mass is 406 g/mol. The number of likely N-dealkylation sites (tertiary alicyclic amines) is 1. The Labute approximate surface area is 162 Å². The molecule has 1 saturated heterocycles. The van der Waals surface area contributed by atoms with Gasteiger partial charge in [-0.25, -0.2) is 17.5 Å². The molecular weight excluding hydrogens is 387 g/mol. The minimum Gasteiger partial charge on any atom is -0.454 e. The molecule has 0 unspecified atom stereocenters. The summed E-state index contributed by atoms with van der Waals surface area (Å²) in [7, 11) is -3.73. The van der Waals surface area contributed by atoms with E-state index in [4.69, 9.17) is 9.47 Å². The van der Waals surface area contributed by atoms with Crippen LogP contribution in [0.1, 0.15) is 23.2 Å². The maximum Gasteiger partial charge on any atom is 0.257 e. The number of carbonyl (C=O) groups excluding carboxylic acids is 1. The normalized spacial score (nSPS) is 17.0. The summed E-state index contributed by atoms with van der Waals surface area (Å²) < 4.78 is 51.2. The first-order chi connectivity index (χ1) is 13.4. The Morgan fingerprint density at radius 3 is 2.50 bits per heavy atom. The van der Waals surface area contributed by atoms with Gasteiger partial charge in [0.05, 0.1) is 10.5 Å². The van der Waals surface area contributed by atoms with Crippen LogP contribution in [0.25, 0.3) is 0 Å². The van der Waals surface area contributed by atoms with Gasteiger partial charge in [-0.05, 0) is 49.2 Å². The number of amides is 1. The highest BCUT2D eigenvalue weighted by molar-refractivity contribution is 7.89. The molecule has 0 aromatic heterocycles. The van der Waals surface area contributed by atoms with Gasteiger partial charge in [-0.3, -0.25) is 4.79 Å². The Morgan fingerprint density at radius 2 is 1.79 bits per heavy atom. The first-order valence-corrected chi connectivity index (χ1v) is 10.4. The zero-order chi connectivity index (χ0) is 19.7. The first kappa shape index (κ1) is 18.7. The number of nitrogens with zero attached hydrogens (tertiary/aromatic N) is 1. The van der Waals surface area contributed by atoms with Crippen LogP contribution in [0.4, 0.5) is 4.39 Å². The number of halogens is 1. The first-order valence-electron chi connectivity index (χ1n) is 8.90. The van der Waals surface area contributed by atoms with Crippen LogP contribution in [0.15, 0.2) is 47.4 Å². The fourth-order valence-electron chi connectivity index (χ4n) is 3.37. The summed E-state index contributed by atoms with van der Waals surface area (Å²) >= 11 is 0. The number of hydrogen-bond donors (Lipinski definition) is 1. The smallest absolute Gasteiger partial charge is 0.257 e. The van der Waals surface area contributed by atoms with Gasteiger partial charge in [0.15, 0.2) is 11.5 Å². The number of nitrogens with one attached hydrogen (secondary N) is 1. The van der Waals surface area contributed by atoms with E-state index in [1.165, 1.54) is 12.1 Å². The second-order valence-corrected chi connectivity index (χ2v) is 8.40. The van der Waals surface area contributed by atoms with Crippen LogP contribution in [0.3, 0.4) is 0 Å². The van der Waals surface area contributed by atoms with E-state index < -0.39 is 15.8 Å². The van der Waals surface area contributed by atoms with Crippen molar-refractivity contribution in [2.24, 2.45) is 0 Å². The van der Waals surface area contributed by atoms with Crippen molar-refractivity contribution < 1.29 is 27.1 Å². The summed E-state index contributed by atoms with van der Waals surface area (Å²) in [5.41, 5.74) is 0.445. The van der Waals surface area contributed by atoms with Crippen molar-refractivity contribution in [3.63, 3.8) is 0 Å². The predicted molar refractivity (Wildman–Crippen MR) is 98.2 cm³/mol. The van der Waals surface area contributed by atoms with Gasteiger partial charge in [0.2, 0.25) is 16.8 Å². The number of ether oxygens (including phenoxy) is 2. The molecule has 4 rings (SSSR count). The molecule has 0 saturated carbocycles. The minimum absolute atomic E-state index is 0.0180. The summed E-state index contributed by atoms with van der Waals surface area (Å²) in [6.07, 6.45) is 0.969. The molecule has 0 bridgehead atoms. The topological polar surface area (TPSA) is 84.9 Å². The minimum atomic E-state index is -3.73. The molecular formula is C19H19FN2O5S. The summed E-state index contributed by atoms with van der Waals surface area (Å²) in [5.74, 6) is 0.342. The molecule has 0 radical (unpaired) electrons. The zero-order valence-electron chi connectivity index (χ0n) is 14.9. The van der Waals surface area contributed by atoms with Crippen LogP contribution >= 0.6 is 0 Å². The van der Waals surface area contributed by atoms with Crippen molar-refractivity contribution in [2.45, 2.75) is 23.8 Å². The van der Waals surface area contributed by atoms with E-state index in [1.54, 1.807) is 23.1 Å². The third-order valence-corrected chi connectivity index (χ3v) is 6.39. The van der Waals surface area contributed by atoms with E-state index in [1.807, 2.05) is 0 Å². The average molecular weight is 406 g/mol. The number of benzene rings is 2. The second kappa shape index (κ2) is 7.40. The van der Waals surface area contributed by atoms with Crippen molar-refractivity contribution in [2.75, 3.05) is 19.9 Å². The molecule has 28 heavy (non-hydrogen) atoms. The van der Waals surface area contributed by atoms with E-state index in [9.17, 15) is 17.6 Å². The Balaban J connectivity index is 1.39. The third-order valence-electron chi connectivity index (χ3n) is 4.85. The zero-order valence-corrected chi connectivity index (χ0v) is 15.7. The SMILES string of the molecule is O=C(c1cccc2c1OCO2)N1CCC(NS(=O)(=O)c2ccc(F)cc2)CC1. The lowest BCUT2D eigenvalue weighted by molar-refractivity contribution is 0.0706. The van der Waals surface area contributed by atoms with Gasteiger partial charge in [0, 0.05) is 19.1 Å². The fourth-order valence-corrected chi connectivity index (χ4v) is 4.68. The lowest BCUT2D eigenvalue weighted by Gasteiger charge is -2.32. The Hall–Kier alpha value is -2.65. The molecule has 2 heterocycles. The lowest BCUT2D eigenvalue weighted by atomic mass is 10.0. The molecule has 1 N–H and O–H groups in total. The van der Waals surface area contributed by atoms with Crippen molar-refractivity contribution in [1.29, 1.82) is 0 Å². The fraction of sp³-hybridized carbons (Fsp3) is 0.316. The molecule has 0 atom stereocenters. The number of sulfonamides is 1. The lowest BCUT2D eigenvalue weighted by Crippen LogP contribution is -2.46. The standard InChI is InChI=1S/C19H19FN2O5S/c20-13-4-6-15(7-5-13)28(24,25)21-14-8-10-22(11-9-14)19(23)16-2-1-3-17-18(16)27-12-26-17/h1-7,14,21H,8-12H2. The molecule has 7 nitrogen and oxygen atoms in total. The van der Waals surface area contributed by atoms with Gasteiger partial charge < -0.3 is 14.4 Å². The maximum absolute atomic E-state index is 13.0. The van der Waals surface area contributed by atoms with Gasteiger partial charge in [-0.1, -0.05) is 6.07 Å². The van der Waals surface area contributed by atoms with Gasteiger partial charge in [-0.15, -0.1) is 0 Å². The van der Waals surface area contributed by atoms with Crippen molar-refractivity contribution >= 4 is 15.9 Å². The average Bonchev–Trinajstić information content (AvgIpc) is 3.17. The van der Waals surface area contributed by atoms with Crippen molar-refractivity contribution in [3.8, 4) is 11.5 Å². The third kappa shape index (κ3) is 3.67. The molecule has 2 aliphatic heterocycles. The van der Waals surface area contributed by atoms with E-state index in [0.717, 1.165) is 12.1 Å². The number of fused-ring (bicyclic) bond motifs is 1. The van der Waals surface area contributed by atoms with Gasteiger partial charge in [0.1, 0.15) is 5.82 Å². The number of piperidine rings is 1. The van der Waals surface area contributed by atoms with Crippen molar-refractivity contribution in [1.82, 2.24) is 9.62 Å². The van der Waals surface area contributed by atoms with E-state index in [2.05, 4.69) is 4.72 Å². The van der Waals surface area contributed by atoms with Gasteiger partial charge in [-0.2, -0.15) is 0 Å². The highest BCUT2D eigenvalue weighted by Crippen LogP contribution is 2.36. The number of carbonyl (C=O) groups is 1. The van der Waals surface area contributed by atoms with Crippen LogP contribution in [0.5, 0.6) is 11.5 Å². The quantitative estimate of drug-likeness (QED) is 0.841. The van der Waals surface area contributed by atoms with Crippen LogP contribution in [0.2, 0.25) is 0 Å². The highest BCUT2D eigenvalue weighted by atomic mass is 32.2. The van der Waals surface area contributed by atoms with E-state index in [0.29, 0.717) is 43.0 Å². The molecule has 148 valence electrons. The molecule has 1 amide bonds. The molecule has 9 heteroatoms. The summed E-state index contributed by atoms with van der Waals surface area (Å²) in [6.45, 7) is 0.923. The number of hydrogen-bond acceptors (Lipinski definition) is 5. The summed E-state index contributed by atoms with van der Waals surface area (Å²) in [6, 6.07) is 9.57. The van der Waals surface area contributed by atoms with Gasteiger partial charge in [0.25, 0.3) is 5.91 Å². The predicted octanol–water partition coefficient (Wildman–Crippen LogP) is 2.14.